The van der Waals surface area contributed by atoms with Crippen molar-refractivity contribution < 1.29 is 45.7 Å². The largest absolute Gasteiger partial charge is 0.494 e. The molecule has 0 aromatic heterocycles. The molecule has 166 valence electrons. The maximum atomic E-state index is 13.0. The van der Waals surface area contributed by atoms with Gasteiger partial charge in [-0.2, -0.15) is 26.3 Å². The van der Waals surface area contributed by atoms with Crippen molar-refractivity contribution in [3.8, 4) is 0 Å². The van der Waals surface area contributed by atoms with E-state index in [1.807, 2.05) is 0 Å². The van der Waals surface area contributed by atoms with Crippen LogP contribution in [0.5, 0.6) is 0 Å². The van der Waals surface area contributed by atoms with Gasteiger partial charge in [0, 0.05) is 0 Å². The van der Waals surface area contributed by atoms with Crippen molar-refractivity contribution in [1.29, 1.82) is 0 Å². The molecule has 2 saturated carbocycles. The average Bonchev–Trinajstić information content (AvgIpc) is 3.17. The number of fused-ring (bicyclic) bond motifs is 2. The van der Waals surface area contributed by atoms with Gasteiger partial charge in [-0.05, 0) is 54.9 Å². The molecule has 0 aromatic carbocycles. The Morgan fingerprint density at radius 3 is 2.07 bits per heavy atom. The molecule has 29 heavy (non-hydrogen) atoms. The highest BCUT2D eigenvalue weighted by molar-refractivity contribution is 5.73. The average molecular weight is 430 g/mol. The quantitative estimate of drug-likeness (QED) is 0.266. The number of aliphatic hydroxyl groups is 1. The SMILES string of the molecule is C=C(CC(=O)OC)C(=C)OCC1CC2CC(CC(O)(C(F)(F)F)C(F)(F)F)C1C2. The Kier molecular flexibility index (Phi) is 6.66. The van der Waals surface area contributed by atoms with Crippen LogP contribution in [0, 0.1) is 23.7 Å². The predicted molar refractivity (Wildman–Crippen MR) is 90.4 cm³/mol. The van der Waals surface area contributed by atoms with E-state index < -0.39 is 42.2 Å². The number of hydrogen-bond donors (Lipinski definition) is 1. The highest BCUT2D eigenvalue weighted by atomic mass is 19.4. The molecule has 4 atom stereocenters. The molecule has 2 bridgehead atoms. The van der Waals surface area contributed by atoms with Gasteiger partial charge in [0.05, 0.1) is 20.1 Å². The van der Waals surface area contributed by atoms with Gasteiger partial charge < -0.3 is 14.6 Å². The molecule has 0 radical (unpaired) electrons. The fourth-order valence-electron chi connectivity index (χ4n) is 4.50. The van der Waals surface area contributed by atoms with Gasteiger partial charge in [-0.15, -0.1) is 0 Å². The number of halogens is 6. The molecule has 0 saturated heterocycles. The van der Waals surface area contributed by atoms with Crippen LogP contribution < -0.4 is 0 Å². The van der Waals surface area contributed by atoms with Crippen LogP contribution in [0.3, 0.4) is 0 Å². The van der Waals surface area contributed by atoms with E-state index >= 15 is 0 Å². The van der Waals surface area contributed by atoms with Gasteiger partial charge in [0.15, 0.2) is 0 Å². The summed E-state index contributed by atoms with van der Waals surface area (Å²) in [5, 5.41) is 9.51. The van der Waals surface area contributed by atoms with Crippen LogP contribution in [0.25, 0.3) is 0 Å². The van der Waals surface area contributed by atoms with Gasteiger partial charge in [-0.3, -0.25) is 4.79 Å². The number of rotatable bonds is 8. The second-order valence-corrected chi connectivity index (χ2v) is 7.91. The third kappa shape index (κ3) is 4.90. The molecule has 1 N–H and O–H groups in total. The molecule has 0 spiro atoms. The zero-order valence-corrected chi connectivity index (χ0v) is 15.9. The van der Waals surface area contributed by atoms with Crippen molar-refractivity contribution in [2.45, 2.75) is 50.1 Å². The van der Waals surface area contributed by atoms with Crippen LogP contribution in [0.15, 0.2) is 24.5 Å². The van der Waals surface area contributed by atoms with Crippen LogP contribution >= 0.6 is 0 Å². The van der Waals surface area contributed by atoms with Crippen LogP contribution in [0.2, 0.25) is 0 Å². The van der Waals surface area contributed by atoms with E-state index in [2.05, 4.69) is 17.9 Å². The van der Waals surface area contributed by atoms with E-state index in [9.17, 15) is 36.2 Å². The monoisotopic (exact) mass is 430 g/mol. The maximum absolute atomic E-state index is 13.0. The Morgan fingerprint density at radius 2 is 1.59 bits per heavy atom. The van der Waals surface area contributed by atoms with Gasteiger partial charge in [-0.1, -0.05) is 13.2 Å². The van der Waals surface area contributed by atoms with Crippen molar-refractivity contribution >= 4 is 5.97 Å². The smallest absolute Gasteiger partial charge is 0.426 e. The van der Waals surface area contributed by atoms with E-state index in [4.69, 9.17) is 4.74 Å². The molecule has 10 heteroatoms. The molecule has 0 aliphatic heterocycles. The number of allylic oxidation sites excluding steroid dienone is 1. The minimum Gasteiger partial charge on any atom is -0.494 e. The van der Waals surface area contributed by atoms with Crippen LogP contribution in [-0.4, -0.2) is 42.7 Å². The molecular formula is C19H24F6O4. The summed E-state index contributed by atoms with van der Waals surface area (Å²) in [5.74, 6) is -2.02. The maximum Gasteiger partial charge on any atom is 0.426 e. The summed E-state index contributed by atoms with van der Waals surface area (Å²) in [7, 11) is 1.21. The summed E-state index contributed by atoms with van der Waals surface area (Å²) < 4.78 is 88.1. The standard InChI is InChI=1S/C19H24F6O4/c1-10(4-16(26)28-3)11(2)29-9-14-6-12-5-13(15(14)7-12)8-17(27,18(20,21)22)19(23,24)25/h12-15,27H,1-2,4-9H2,3H3. The summed E-state index contributed by atoms with van der Waals surface area (Å²) in [6.07, 6.45) is -11.8. The first kappa shape index (κ1) is 23.6. The van der Waals surface area contributed by atoms with Gasteiger partial charge in [0.25, 0.3) is 5.60 Å². The van der Waals surface area contributed by atoms with Crippen molar-refractivity contribution in [3.63, 3.8) is 0 Å². The van der Waals surface area contributed by atoms with E-state index in [0.717, 1.165) is 0 Å². The van der Waals surface area contributed by atoms with E-state index in [1.165, 1.54) is 7.11 Å². The molecule has 4 unspecified atom stereocenters. The third-order valence-corrected chi connectivity index (χ3v) is 6.04. The lowest BCUT2D eigenvalue weighted by Crippen LogP contribution is -2.58. The molecule has 2 aliphatic carbocycles. The van der Waals surface area contributed by atoms with Crippen molar-refractivity contribution in [3.05, 3.63) is 24.5 Å². The molecule has 2 rings (SSSR count). The highest BCUT2D eigenvalue weighted by Gasteiger charge is 2.71. The summed E-state index contributed by atoms with van der Waals surface area (Å²) in [6, 6.07) is 0. The third-order valence-electron chi connectivity index (χ3n) is 6.04. The zero-order valence-electron chi connectivity index (χ0n) is 15.9. The lowest BCUT2D eigenvalue weighted by Gasteiger charge is -2.38. The number of hydrogen-bond acceptors (Lipinski definition) is 4. The summed E-state index contributed by atoms with van der Waals surface area (Å²) in [6.45, 7) is 7.33. The molecule has 2 fully saturated rings. The number of carbonyl (C=O) groups is 1. The lowest BCUT2D eigenvalue weighted by atomic mass is 9.75. The Bertz CT molecular complexity index is 640. The van der Waals surface area contributed by atoms with E-state index in [0.29, 0.717) is 12.8 Å². The van der Waals surface area contributed by atoms with Gasteiger partial charge >= 0.3 is 18.3 Å². The molecule has 2 aliphatic rings. The molecule has 0 heterocycles. The van der Waals surface area contributed by atoms with Gasteiger partial charge in [-0.25, -0.2) is 0 Å². The number of ether oxygens (including phenoxy) is 2. The van der Waals surface area contributed by atoms with E-state index in [1.54, 1.807) is 0 Å². The minimum atomic E-state index is -5.81. The fraction of sp³-hybridized carbons (Fsp3) is 0.737. The molecule has 0 aromatic rings. The summed E-state index contributed by atoms with van der Waals surface area (Å²) in [5.41, 5.74) is -4.45. The van der Waals surface area contributed by atoms with Crippen molar-refractivity contribution in [1.82, 2.24) is 0 Å². The minimum absolute atomic E-state index is 0.00384. The Hall–Kier alpha value is -1.71. The highest BCUT2D eigenvalue weighted by Crippen LogP contribution is 2.57. The topological polar surface area (TPSA) is 55.8 Å². The van der Waals surface area contributed by atoms with Crippen molar-refractivity contribution in [2.75, 3.05) is 13.7 Å². The Balaban J connectivity index is 2.00. The summed E-state index contributed by atoms with van der Waals surface area (Å²) in [4.78, 5) is 11.2. The first-order chi connectivity index (χ1) is 13.2. The summed E-state index contributed by atoms with van der Waals surface area (Å²) >= 11 is 0. The number of methoxy groups -OCH3 is 1. The molecule has 0 amide bonds. The number of alkyl halides is 6. The van der Waals surface area contributed by atoms with Gasteiger partial charge in [0.1, 0.15) is 5.76 Å². The van der Waals surface area contributed by atoms with E-state index in [-0.39, 0.29) is 42.6 Å². The van der Waals surface area contributed by atoms with Crippen LogP contribution in [0.1, 0.15) is 32.1 Å². The van der Waals surface area contributed by atoms with Crippen LogP contribution in [-0.2, 0) is 14.3 Å². The molecular weight excluding hydrogens is 406 g/mol. The Morgan fingerprint density at radius 1 is 1.03 bits per heavy atom. The zero-order chi connectivity index (χ0) is 22.2. The second-order valence-electron chi connectivity index (χ2n) is 7.91. The lowest BCUT2D eigenvalue weighted by molar-refractivity contribution is -0.373. The molecule has 4 nitrogen and oxygen atoms in total. The first-order valence-electron chi connectivity index (χ1n) is 9.12. The normalized spacial score (nSPS) is 27.0. The number of carbonyl (C=O) groups excluding carboxylic acids is 1. The van der Waals surface area contributed by atoms with Gasteiger partial charge in [0.2, 0.25) is 0 Å². The number of esters is 1. The Labute approximate surface area is 164 Å². The van der Waals surface area contributed by atoms with Crippen molar-refractivity contribution in [2.24, 2.45) is 23.7 Å². The van der Waals surface area contributed by atoms with Crippen LogP contribution in [0.4, 0.5) is 26.3 Å². The first-order valence-corrected chi connectivity index (χ1v) is 9.12. The predicted octanol–water partition coefficient (Wildman–Crippen LogP) is 4.54. The fourth-order valence-corrected chi connectivity index (χ4v) is 4.50. The second kappa shape index (κ2) is 8.20.